The Morgan fingerprint density at radius 1 is 1.11 bits per heavy atom. The first kappa shape index (κ1) is 19.8. The van der Waals surface area contributed by atoms with E-state index in [0.717, 1.165) is 19.6 Å². The predicted molar refractivity (Wildman–Crippen MR) is 104 cm³/mol. The molecule has 1 heterocycles. The van der Waals surface area contributed by atoms with E-state index in [1.54, 1.807) is 0 Å². The van der Waals surface area contributed by atoms with Gasteiger partial charge < -0.3 is 4.74 Å². The zero-order valence-corrected chi connectivity index (χ0v) is 16.5. The van der Waals surface area contributed by atoms with Gasteiger partial charge in [0, 0.05) is 49.9 Å². The van der Waals surface area contributed by atoms with Crippen LogP contribution in [0.5, 0.6) is 5.75 Å². The van der Waals surface area contributed by atoms with E-state index in [1.165, 1.54) is 30.4 Å². The number of rotatable bonds is 5. The Hall–Kier alpha value is -1.98. The lowest BCUT2D eigenvalue weighted by molar-refractivity contribution is 0.0882. The SMILES string of the molecule is COc1cc(F)c(CN2CCN(C)C(c3ccccc3C(C)C)C2)c(F)c1. The van der Waals surface area contributed by atoms with Crippen LogP contribution < -0.4 is 4.74 Å². The lowest BCUT2D eigenvalue weighted by Crippen LogP contribution is -2.46. The topological polar surface area (TPSA) is 15.7 Å². The van der Waals surface area contributed by atoms with Crippen molar-refractivity contribution in [3.05, 3.63) is 64.7 Å². The average molecular weight is 374 g/mol. The highest BCUT2D eigenvalue weighted by Gasteiger charge is 2.28. The predicted octanol–water partition coefficient (Wildman–Crippen LogP) is 4.59. The van der Waals surface area contributed by atoms with Crippen LogP contribution in [0.4, 0.5) is 8.78 Å². The molecule has 5 heteroatoms. The number of hydrogen-bond acceptors (Lipinski definition) is 3. The normalized spacial score (nSPS) is 18.9. The van der Waals surface area contributed by atoms with Gasteiger partial charge >= 0.3 is 0 Å². The van der Waals surface area contributed by atoms with Gasteiger partial charge in [-0.3, -0.25) is 9.80 Å². The number of piperazine rings is 1. The maximum absolute atomic E-state index is 14.4. The van der Waals surface area contributed by atoms with E-state index in [-0.39, 0.29) is 23.9 Å². The Bertz CT molecular complexity index is 771. The van der Waals surface area contributed by atoms with E-state index < -0.39 is 11.6 Å². The largest absolute Gasteiger partial charge is 0.497 e. The van der Waals surface area contributed by atoms with Gasteiger partial charge in [0.2, 0.25) is 0 Å². The molecule has 3 nitrogen and oxygen atoms in total. The molecule has 0 aliphatic carbocycles. The van der Waals surface area contributed by atoms with Crippen LogP contribution in [0.25, 0.3) is 0 Å². The molecule has 1 fully saturated rings. The minimum atomic E-state index is -0.551. The Labute approximate surface area is 160 Å². The molecule has 0 spiro atoms. The molecule has 1 unspecified atom stereocenters. The van der Waals surface area contributed by atoms with Gasteiger partial charge in [-0.15, -0.1) is 0 Å². The molecule has 0 saturated carbocycles. The molecule has 3 rings (SSSR count). The molecule has 1 aliphatic heterocycles. The number of halogens is 2. The maximum Gasteiger partial charge on any atom is 0.134 e. The number of hydrogen-bond donors (Lipinski definition) is 0. The molecule has 0 bridgehead atoms. The Kier molecular flexibility index (Phi) is 6.12. The molecule has 1 saturated heterocycles. The number of methoxy groups -OCH3 is 1. The zero-order valence-electron chi connectivity index (χ0n) is 16.5. The van der Waals surface area contributed by atoms with E-state index in [2.05, 4.69) is 55.0 Å². The molecule has 0 amide bonds. The molecular weight excluding hydrogens is 346 g/mol. The lowest BCUT2D eigenvalue weighted by atomic mass is 9.91. The molecule has 2 aromatic rings. The number of benzene rings is 2. The van der Waals surface area contributed by atoms with Crippen molar-refractivity contribution in [2.45, 2.75) is 32.4 Å². The van der Waals surface area contributed by atoms with Gasteiger partial charge in [-0.2, -0.15) is 0 Å². The second kappa shape index (κ2) is 8.36. The molecule has 0 N–H and O–H groups in total. The smallest absolute Gasteiger partial charge is 0.134 e. The van der Waals surface area contributed by atoms with Crippen molar-refractivity contribution in [3.8, 4) is 5.75 Å². The summed E-state index contributed by atoms with van der Waals surface area (Å²) in [5.74, 6) is -0.466. The third-order valence-corrected chi connectivity index (χ3v) is 5.44. The monoisotopic (exact) mass is 374 g/mol. The van der Waals surface area contributed by atoms with Crippen LogP contribution in [0.3, 0.4) is 0 Å². The fourth-order valence-corrected chi connectivity index (χ4v) is 3.82. The van der Waals surface area contributed by atoms with Crippen LogP contribution in [-0.2, 0) is 6.54 Å². The summed E-state index contributed by atoms with van der Waals surface area (Å²) in [6.07, 6.45) is 0. The third kappa shape index (κ3) is 4.30. The molecule has 1 aliphatic rings. The molecule has 146 valence electrons. The van der Waals surface area contributed by atoms with Crippen LogP contribution in [0.2, 0.25) is 0 Å². The molecule has 0 radical (unpaired) electrons. The number of nitrogens with zero attached hydrogens (tertiary/aromatic N) is 2. The Morgan fingerprint density at radius 2 is 1.78 bits per heavy atom. The summed E-state index contributed by atoms with van der Waals surface area (Å²) in [4.78, 5) is 4.47. The number of likely N-dealkylation sites (N-methyl/N-ethyl adjacent to an activating group) is 1. The Balaban J connectivity index is 1.83. The van der Waals surface area contributed by atoms with Crippen molar-refractivity contribution in [2.24, 2.45) is 0 Å². The second-order valence-corrected chi connectivity index (χ2v) is 7.58. The van der Waals surface area contributed by atoms with Crippen LogP contribution in [0.1, 0.15) is 42.5 Å². The minimum Gasteiger partial charge on any atom is -0.497 e. The summed E-state index contributed by atoms with van der Waals surface area (Å²) in [5, 5.41) is 0. The standard InChI is InChI=1S/C22H28F2N2O/c1-15(2)17-7-5-6-8-18(17)22-14-26(10-9-25(22)3)13-19-20(23)11-16(27-4)12-21(19)24/h5-8,11-12,15,22H,9-10,13-14H2,1-4H3. The summed E-state index contributed by atoms with van der Waals surface area (Å²) >= 11 is 0. The van der Waals surface area contributed by atoms with E-state index in [0.29, 0.717) is 5.92 Å². The number of ether oxygens (including phenoxy) is 1. The first-order chi connectivity index (χ1) is 12.9. The van der Waals surface area contributed by atoms with E-state index in [1.807, 2.05) is 0 Å². The summed E-state index contributed by atoms with van der Waals surface area (Å²) in [6.45, 7) is 7.03. The zero-order chi connectivity index (χ0) is 19.6. The van der Waals surface area contributed by atoms with Crippen molar-refractivity contribution >= 4 is 0 Å². The minimum absolute atomic E-state index is 0.108. The quantitative estimate of drug-likeness (QED) is 0.762. The van der Waals surface area contributed by atoms with Gasteiger partial charge in [0.15, 0.2) is 0 Å². The van der Waals surface area contributed by atoms with Crippen molar-refractivity contribution in [2.75, 3.05) is 33.8 Å². The van der Waals surface area contributed by atoms with Gasteiger partial charge in [0.05, 0.1) is 7.11 Å². The summed E-state index contributed by atoms with van der Waals surface area (Å²) in [5.41, 5.74) is 2.74. The van der Waals surface area contributed by atoms with Gasteiger partial charge in [0.25, 0.3) is 0 Å². The van der Waals surface area contributed by atoms with Crippen molar-refractivity contribution < 1.29 is 13.5 Å². The highest BCUT2D eigenvalue weighted by molar-refractivity contribution is 5.34. The summed E-state index contributed by atoms with van der Waals surface area (Å²) < 4.78 is 33.7. The highest BCUT2D eigenvalue weighted by Crippen LogP contribution is 2.31. The van der Waals surface area contributed by atoms with Crippen LogP contribution in [0.15, 0.2) is 36.4 Å². The molecular formula is C22H28F2N2O. The highest BCUT2D eigenvalue weighted by atomic mass is 19.1. The van der Waals surface area contributed by atoms with Gasteiger partial charge in [-0.1, -0.05) is 38.1 Å². The molecule has 27 heavy (non-hydrogen) atoms. The first-order valence-electron chi connectivity index (χ1n) is 9.44. The summed E-state index contributed by atoms with van der Waals surface area (Å²) in [7, 11) is 3.53. The molecule has 2 aromatic carbocycles. The van der Waals surface area contributed by atoms with Crippen LogP contribution in [0, 0.1) is 11.6 Å². The van der Waals surface area contributed by atoms with Gasteiger partial charge in [-0.25, -0.2) is 8.78 Å². The van der Waals surface area contributed by atoms with Crippen molar-refractivity contribution in [1.29, 1.82) is 0 Å². The first-order valence-corrected chi connectivity index (χ1v) is 9.44. The summed E-state index contributed by atoms with van der Waals surface area (Å²) in [6, 6.07) is 11.2. The van der Waals surface area contributed by atoms with E-state index >= 15 is 0 Å². The fraction of sp³-hybridized carbons (Fsp3) is 0.455. The lowest BCUT2D eigenvalue weighted by Gasteiger charge is -2.40. The fourth-order valence-electron chi connectivity index (χ4n) is 3.82. The third-order valence-electron chi connectivity index (χ3n) is 5.44. The van der Waals surface area contributed by atoms with Crippen molar-refractivity contribution in [3.63, 3.8) is 0 Å². The van der Waals surface area contributed by atoms with Gasteiger partial charge in [0.1, 0.15) is 17.4 Å². The van der Waals surface area contributed by atoms with Crippen LogP contribution >= 0.6 is 0 Å². The average Bonchev–Trinajstić information content (AvgIpc) is 2.65. The molecule has 1 atom stereocenters. The Morgan fingerprint density at radius 3 is 2.41 bits per heavy atom. The second-order valence-electron chi connectivity index (χ2n) is 7.58. The van der Waals surface area contributed by atoms with Crippen molar-refractivity contribution in [1.82, 2.24) is 9.80 Å². The maximum atomic E-state index is 14.4. The van der Waals surface area contributed by atoms with Gasteiger partial charge in [-0.05, 0) is 24.1 Å². The van der Waals surface area contributed by atoms with Crippen LogP contribution in [-0.4, -0.2) is 43.6 Å². The van der Waals surface area contributed by atoms with E-state index in [4.69, 9.17) is 4.74 Å². The molecule has 0 aromatic heterocycles. The van der Waals surface area contributed by atoms with E-state index in [9.17, 15) is 8.78 Å².